The second-order valence-corrected chi connectivity index (χ2v) is 14.6. The number of carbonyl (C=O) groups is 2. The summed E-state index contributed by atoms with van der Waals surface area (Å²) in [5.41, 5.74) is 4.60. The lowest BCUT2D eigenvalue weighted by molar-refractivity contribution is 0.00638. The van der Waals surface area contributed by atoms with E-state index in [-0.39, 0.29) is 17.0 Å². The standard InChI is InChI=1S/C35H38N6O3S/c1-34(2,3)21-41-19-23(18-36-41)24-14-15-29(38-30(24)32(43)44-35(4,5)6)40-17-16-22-10-9-11-25(26(22)20-40)31(42)39-33-37-27-12-7-8-13-28(27)45-33/h7-15,18-19H,16-17,20-21H2,1-6H3,(H,37,39,42). The molecule has 2 aromatic carbocycles. The molecule has 9 nitrogen and oxygen atoms in total. The predicted octanol–water partition coefficient (Wildman–Crippen LogP) is 7.37. The van der Waals surface area contributed by atoms with Crippen LogP contribution in [0.3, 0.4) is 0 Å². The predicted molar refractivity (Wildman–Crippen MR) is 179 cm³/mol. The number of carbonyl (C=O) groups excluding carboxylic acids is 2. The van der Waals surface area contributed by atoms with Crippen LogP contribution in [0.1, 0.15) is 73.5 Å². The molecule has 10 heteroatoms. The van der Waals surface area contributed by atoms with Crippen LogP contribution >= 0.6 is 11.3 Å². The van der Waals surface area contributed by atoms with Gasteiger partial charge in [-0.15, -0.1) is 0 Å². The molecule has 1 aliphatic heterocycles. The third-order valence-corrected chi connectivity index (χ3v) is 8.36. The van der Waals surface area contributed by atoms with E-state index in [1.54, 1.807) is 6.20 Å². The number of hydrogen-bond acceptors (Lipinski definition) is 8. The Hall–Kier alpha value is -4.57. The fourth-order valence-corrected chi connectivity index (χ4v) is 6.36. The van der Waals surface area contributed by atoms with Crippen molar-refractivity contribution in [2.24, 2.45) is 5.41 Å². The van der Waals surface area contributed by atoms with E-state index in [9.17, 15) is 9.59 Å². The lowest BCUT2D eigenvalue weighted by Gasteiger charge is -2.31. The van der Waals surface area contributed by atoms with Crippen molar-refractivity contribution in [3.63, 3.8) is 0 Å². The van der Waals surface area contributed by atoms with Gasteiger partial charge in [0.25, 0.3) is 5.91 Å². The van der Waals surface area contributed by atoms with Crippen molar-refractivity contribution >= 4 is 44.4 Å². The Morgan fingerprint density at radius 1 is 0.978 bits per heavy atom. The highest BCUT2D eigenvalue weighted by Crippen LogP contribution is 2.32. The van der Waals surface area contributed by atoms with E-state index in [4.69, 9.17) is 9.72 Å². The molecular weight excluding hydrogens is 584 g/mol. The Kier molecular flexibility index (Phi) is 7.95. The zero-order valence-electron chi connectivity index (χ0n) is 26.5. The zero-order chi connectivity index (χ0) is 31.9. The number of nitrogens with zero attached hydrogens (tertiary/aromatic N) is 5. The average molecular weight is 623 g/mol. The molecule has 6 rings (SSSR count). The topological polar surface area (TPSA) is 102 Å². The van der Waals surface area contributed by atoms with Crippen molar-refractivity contribution in [1.82, 2.24) is 19.7 Å². The van der Waals surface area contributed by atoms with Crippen LogP contribution in [0.5, 0.6) is 0 Å². The van der Waals surface area contributed by atoms with Crippen molar-refractivity contribution in [1.29, 1.82) is 0 Å². The monoisotopic (exact) mass is 622 g/mol. The maximum absolute atomic E-state index is 13.5. The first-order valence-corrected chi connectivity index (χ1v) is 15.9. The third kappa shape index (κ3) is 6.91. The Morgan fingerprint density at radius 3 is 2.53 bits per heavy atom. The summed E-state index contributed by atoms with van der Waals surface area (Å²) in [4.78, 5) is 38.6. The molecule has 1 N–H and O–H groups in total. The Balaban J connectivity index is 1.30. The lowest BCUT2D eigenvalue weighted by atomic mass is 9.94. The number of rotatable bonds is 6. The van der Waals surface area contributed by atoms with E-state index in [1.165, 1.54) is 11.3 Å². The van der Waals surface area contributed by atoms with Gasteiger partial charge < -0.3 is 9.64 Å². The van der Waals surface area contributed by atoms with Gasteiger partial charge in [-0.25, -0.2) is 14.8 Å². The quantitative estimate of drug-likeness (QED) is 0.197. The van der Waals surface area contributed by atoms with Gasteiger partial charge >= 0.3 is 5.97 Å². The van der Waals surface area contributed by atoms with E-state index < -0.39 is 11.6 Å². The van der Waals surface area contributed by atoms with Gasteiger partial charge in [-0.05, 0) is 74.1 Å². The number of fused-ring (bicyclic) bond motifs is 2. The number of thiazole rings is 1. The largest absolute Gasteiger partial charge is 0.455 e. The Morgan fingerprint density at radius 2 is 1.78 bits per heavy atom. The minimum Gasteiger partial charge on any atom is -0.455 e. The van der Waals surface area contributed by atoms with E-state index in [0.29, 0.717) is 35.2 Å². The number of hydrogen-bond donors (Lipinski definition) is 1. The van der Waals surface area contributed by atoms with Gasteiger partial charge in [-0.3, -0.25) is 14.8 Å². The fraction of sp³-hybridized carbons (Fsp3) is 0.343. The molecule has 0 unspecified atom stereocenters. The molecule has 0 saturated carbocycles. The normalized spacial score (nSPS) is 13.5. The zero-order valence-corrected chi connectivity index (χ0v) is 27.4. The lowest BCUT2D eigenvalue weighted by Crippen LogP contribution is -2.33. The van der Waals surface area contributed by atoms with Gasteiger partial charge in [0, 0.05) is 42.5 Å². The van der Waals surface area contributed by atoms with Gasteiger partial charge in [0.1, 0.15) is 11.4 Å². The first-order valence-electron chi connectivity index (χ1n) is 15.1. The highest BCUT2D eigenvalue weighted by Gasteiger charge is 2.27. The third-order valence-electron chi connectivity index (χ3n) is 7.41. The number of aromatic nitrogens is 4. The number of ether oxygens (including phenoxy) is 1. The van der Waals surface area contributed by atoms with Gasteiger partial charge in [-0.2, -0.15) is 5.10 Å². The molecule has 5 aromatic rings. The molecule has 4 heterocycles. The Bertz CT molecular complexity index is 1860. The average Bonchev–Trinajstić information content (AvgIpc) is 3.60. The van der Waals surface area contributed by atoms with E-state index in [2.05, 4.69) is 47.1 Å². The highest BCUT2D eigenvalue weighted by atomic mass is 32.1. The van der Waals surface area contributed by atoms with Crippen LogP contribution in [0, 0.1) is 5.41 Å². The van der Waals surface area contributed by atoms with Crippen LogP contribution in [-0.2, 0) is 24.2 Å². The van der Waals surface area contributed by atoms with Crippen molar-refractivity contribution in [2.75, 3.05) is 16.8 Å². The molecule has 45 heavy (non-hydrogen) atoms. The summed E-state index contributed by atoms with van der Waals surface area (Å²) in [5.74, 6) is -0.0391. The molecule has 232 valence electrons. The number of nitrogens with one attached hydrogen (secondary N) is 1. The van der Waals surface area contributed by atoms with E-state index in [0.717, 1.165) is 39.9 Å². The van der Waals surface area contributed by atoms with Crippen LogP contribution in [0.2, 0.25) is 0 Å². The minimum atomic E-state index is -0.682. The number of esters is 1. The highest BCUT2D eigenvalue weighted by molar-refractivity contribution is 7.22. The fourth-order valence-electron chi connectivity index (χ4n) is 5.49. The second kappa shape index (κ2) is 11.7. The number of amides is 1. The van der Waals surface area contributed by atoms with Gasteiger partial charge in [0.2, 0.25) is 0 Å². The van der Waals surface area contributed by atoms with Crippen LogP contribution in [0.25, 0.3) is 21.3 Å². The first-order chi connectivity index (χ1) is 21.3. The minimum absolute atomic E-state index is 0.0497. The molecule has 0 bridgehead atoms. The van der Waals surface area contributed by atoms with Gasteiger partial charge in [0.05, 0.1) is 16.4 Å². The number of anilines is 2. The second-order valence-electron chi connectivity index (χ2n) is 13.6. The van der Waals surface area contributed by atoms with Gasteiger partial charge in [0.15, 0.2) is 10.8 Å². The van der Waals surface area contributed by atoms with Crippen LogP contribution in [0.4, 0.5) is 10.9 Å². The SMILES string of the molecule is CC(C)(C)Cn1cc(-c2ccc(N3CCc4cccc(C(=O)Nc5nc6ccccc6s5)c4C3)nc2C(=O)OC(C)(C)C)cn1. The maximum Gasteiger partial charge on any atom is 0.358 e. The van der Waals surface area contributed by atoms with Crippen molar-refractivity contribution in [3.05, 3.63) is 89.4 Å². The molecule has 3 aromatic heterocycles. The maximum atomic E-state index is 13.5. The molecule has 0 fully saturated rings. The molecule has 0 saturated heterocycles. The number of benzene rings is 2. The van der Waals surface area contributed by atoms with Gasteiger partial charge in [-0.1, -0.05) is 56.4 Å². The summed E-state index contributed by atoms with van der Waals surface area (Å²) >= 11 is 1.45. The number of para-hydroxylation sites is 1. The summed E-state index contributed by atoms with van der Waals surface area (Å²) in [6.07, 6.45) is 4.45. The van der Waals surface area contributed by atoms with Crippen molar-refractivity contribution in [2.45, 2.75) is 66.7 Å². The van der Waals surface area contributed by atoms with E-state index >= 15 is 0 Å². The number of pyridine rings is 1. The molecular formula is C35H38N6O3S. The summed E-state index contributed by atoms with van der Waals surface area (Å²) in [6, 6.07) is 17.5. The molecule has 1 amide bonds. The Labute approximate surface area is 267 Å². The van der Waals surface area contributed by atoms with Crippen LogP contribution in [-0.4, -0.2) is 43.8 Å². The summed E-state index contributed by atoms with van der Waals surface area (Å²) in [5, 5.41) is 8.11. The smallest absolute Gasteiger partial charge is 0.358 e. The molecule has 0 spiro atoms. The molecule has 1 aliphatic rings. The summed E-state index contributed by atoms with van der Waals surface area (Å²) in [6.45, 7) is 13.9. The van der Waals surface area contributed by atoms with E-state index in [1.807, 2.05) is 80.2 Å². The molecule has 0 atom stereocenters. The summed E-state index contributed by atoms with van der Waals surface area (Å²) < 4.78 is 8.71. The van der Waals surface area contributed by atoms with Crippen molar-refractivity contribution in [3.8, 4) is 11.1 Å². The first kappa shape index (κ1) is 30.5. The van der Waals surface area contributed by atoms with Crippen LogP contribution in [0.15, 0.2) is 67.0 Å². The molecule has 0 aliphatic carbocycles. The molecule has 0 radical (unpaired) electrons. The van der Waals surface area contributed by atoms with Crippen molar-refractivity contribution < 1.29 is 14.3 Å². The summed E-state index contributed by atoms with van der Waals surface area (Å²) in [7, 11) is 0. The van der Waals surface area contributed by atoms with Crippen LogP contribution < -0.4 is 10.2 Å².